The summed E-state index contributed by atoms with van der Waals surface area (Å²) in [7, 11) is 1.58. The maximum atomic E-state index is 10.6. The van der Waals surface area contributed by atoms with Gasteiger partial charge in [0.15, 0.2) is 0 Å². The molecule has 0 bridgehead atoms. The van der Waals surface area contributed by atoms with Crippen molar-refractivity contribution in [1.82, 2.24) is 0 Å². The molecule has 1 aromatic carbocycles. The summed E-state index contributed by atoms with van der Waals surface area (Å²) in [5.41, 5.74) is 0.727. The van der Waals surface area contributed by atoms with Crippen LogP contribution in [0.1, 0.15) is 12.5 Å². The fourth-order valence-electron chi connectivity index (χ4n) is 1.42. The van der Waals surface area contributed by atoms with Crippen molar-refractivity contribution >= 4 is 23.8 Å². The van der Waals surface area contributed by atoms with Gasteiger partial charge in [-0.2, -0.15) is 11.8 Å². The standard InChI is InChI=1S/C14H18O4S/c1-3-19-9-8-18-13-10-12(17-2)6-4-11(13)5-7-14(15)16/h4-7,10H,3,8-9H2,1-2H3,(H,15,16)/b7-5+. The van der Waals surface area contributed by atoms with Gasteiger partial charge >= 0.3 is 5.97 Å². The summed E-state index contributed by atoms with van der Waals surface area (Å²) in [6.45, 7) is 2.68. The predicted octanol–water partition coefficient (Wildman–Crippen LogP) is 2.92. The largest absolute Gasteiger partial charge is 0.497 e. The SMILES string of the molecule is CCSCCOc1cc(OC)ccc1/C=C/C(=O)O. The quantitative estimate of drug-likeness (QED) is 0.587. The van der Waals surface area contributed by atoms with Gasteiger partial charge in [-0.3, -0.25) is 0 Å². The Morgan fingerprint density at radius 3 is 2.89 bits per heavy atom. The van der Waals surface area contributed by atoms with Gasteiger partial charge in [0, 0.05) is 23.5 Å². The van der Waals surface area contributed by atoms with Crippen LogP contribution in [0.4, 0.5) is 0 Å². The lowest BCUT2D eigenvalue weighted by atomic mass is 10.1. The van der Waals surface area contributed by atoms with E-state index in [0.29, 0.717) is 18.1 Å². The Bertz CT molecular complexity index is 443. The van der Waals surface area contributed by atoms with E-state index in [1.807, 2.05) is 0 Å². The van der Waals surface area contributed by atoms with Gasteiger partial charge in [-0.15, -0.1) is 0 Å². The van der Waals surface area contributed by atoms with Crippen molar-refractivity contribution in [1.29, 1.82) is 0 Å². The molecule has 0 atom stereocenters. The number of hydrogen-bond acceptors (Lipinski definition) is 4. The van der Waals surface area contributed by atoms with Crippen LogP contribution < -0.4 is 9.47 Å². The van der Waals surface area contributed by atoms with Gasteiger partial charge in [0.2, 0.25) is 0 Å². The highest BCUT2D eigenvalue weighted by Crippen LogP contribution is 2.26. The van der Waals surface area contributed by atoms with Crippen molar-refractivity contribution in [3.05, 3.63) is 29.8 Å². The summed E-state index contributed by atoms with van der Waals surface area (Å²) in [6, 6.07) is 5.31. The molecule has 0 heterocycles. The molecule has 19 heavy (non-hydrogen) atoms. The van der Waals surface area contributed by atoms with Gasteiger partial charge in [0.25, 0.3) is 0 Å². The van der Waals surface area contributed by atoms with Crippen LogP contribution in [0.2, 0.25) is 0 Å². The first kappa shape index (κ1) is 15.4. The number of ether oxygens (including phenoxy) is 2. The second-order valence-corrected chi connectivity index (χ2v) is 5.01. The van der Waals surface area contributed by atoms with E-state index >= 15 is 0 Å². The van der Waals surface area contributed by atoms with Crippen LogP contribution in [-0.4, -0.2) is 36.3 Å². The van der Waals surface area contributed by atoms with E-state index in [1.54, 1.807) is 37.1 Å². The summed E-state index contributed by atoms with van der Waals surface area (Å²) < 4.78 is 10.8. The summed E-state index contributed by atoms with van der Waals surface area (Å²) in [4.78, 5) is 10.6. The maximum Gasteiger partial charge on any atom is 0.328 e. The Labute approximate surface area is 117 Å². The Hall–Kier alpha value is -1.62. The molecule has 104 valence electrons. The van der Waals surface area contributed by atoms with Gasteiger partial charge in [0.1, 0.15) is 11.5 Å². The first-order valence-electron chi connectivity index (χ1n) is 5.97. The number of hydrogen-bond donors (Lipinski definition) is 1. The molecule has 5 heteroatoms. The number of benzene rings is 1. The third-order valence-electron chi connectivity index (χ3n) is 2.32. The van der Waals surface area contributed by atoms with E-state index in [-0.39, 0.29) is 0 Å². The molecule has 0 saturated carbocycles. The zero-order valence-corrected chi connectivity index (χ0v) is 11.9. The van der Waals surface area contributed by atoms with Crippen LogP contribution >= 0.6 is 11.8 Å². The molecule has 4 nitrogen and oxygen atoms in total. The molecule has 0 aliphatic heterocycles. The van der Waals surface area contributed by atoms with E-state index in [0.717, 1.165) is 23.1 Å². The number of rotatable bonds is 8. The molecule has 0 saturated heterocycles. The molecule has 0 radical (unpaired) electrons. The molecule has 0 aromatic heterocycles. The van der Waals surface area contributed by atoms with Crippen molar-refractivity contribution in [2.75, 3.05) is 25.2 Å². The lowest BCUT2D eigenvalue weighted by Crippen LogP contribution is -2.02. The number of aliphatic carboxylic acids is 1. The van der Waals surface area contributed by atoms with E-state index in [1.165, 1.54) is 6.08 Å². The number of carboxylic acid groups (broad SMARTS) is 1. The van der Waals surface area contributed by atoms with Crippen molar-refractivity contribution in [2.45, 2.75) is 6.92 Å². The monoisotopic (exact) mass is 282 g/mol. The van der Waals surface area contributed by atoms with Gasteiger partial charge in [0.05, 0.1) is 13.7 Å². The van der Waals surface area contributed by atoms with Crippen LogP contribution in [0.25, 0.3) is 6.08 Å². The summed E-state index contributed by atoms with van der Waals surface area (Å²) >= 11 is 1.79. The highest BCUT2D eigenvalue weighted by Gasteiger charge is 2.04. The highest BCUT2D eigenvalue weighted by atomic mass is 32.2. The second kappa shape index (κ2) is 8.48. The molecule has 1 aromatic rings. The Kier molecular flexibility index (Phi) is 6.89. The van der Waals surface area contributed by atoms with Crippen LogP contribution in [0.15, 0.2) is 24.3 Å². The fraction of sp³-hybridized carbons (Fsp3) is 0.357. The van der Waals surface area contributed by atoms with Crippen LogP contribution in [-0.2, 0) is 4.79 Å². The van der Waals surface area contributed by atoms with Crippen LogP contribution in [0.3, 0.4) is 0 Å². The average Bonchev–Trinajstić information content (AvgIpc) is 2.41. The van der Waals surface area contributed by atoms with Gasteiger partial charge in [-0.05, 0) is 24.0 Å². The van der Waals surface area contributed by atoms with Gasteiger partial charge < -0.3 is 14.6 Å². The predicted molar refractivity (Wildman–Crippen MR) is 78.2 cm³/mol. The van der Waals surface area contributed by atoms with Crippen LogP contribution in [0, 0.1) is 0 Å². The lowest BCUT2D eigenvalue weighted by molar-refractivity contribution is -0.131. The summed E-state index contributed by atoms with van der Waals surface area (Å²) in [6.07, 6.45) is 2.61. The van der Waals surface area contributed by atoms with E-state index in [9.17, 15) is 4.79 Å². The molecule has 0 fully saturated rings. The topological polar surface area (TPSA) is 55.8 Å². The van der Waals surface area contributed by atoms with Crippen molar-refractivity contribution in [3.63, 3.8) is 0 Å². The molecule has 0 unspecified atom stereocenters. The molecule has 0 amide bonds. The molecule has 0 aliphatic rings. The zero-order chi connectivity index (χ0) is 14.1. The van der Waals surface area contributed by atoms with Crippen molar-refractivity contribution < 1.29 is 19.4 Å². The van der Waals surface area contributed by atoms with E-state index in [4.69, 9.17) is 14.6 Å². The van der Waals surface area contributed by atoms with Gasteiger partial charge in [-0.25, -0.2) is 4.79 Å². The highest BCUT2D eigenvalue weighted by molar-refractivity contribution is 7.99. The Morgan fingerprint density at radius 2 is 2.26 bits per heavy atom. The van der Waals surface area contributed by atoms with E-state index < -0.39 is 5.97 Å². The number of thioether (sulfide) groups is 1. The van der Waals surface area contributed by atoms with Gasteiger partial charge in [-0.1, -0.05) is 6.92 Å². The molecule has 1 N–H and O–H groups in total. The fourth-order valence-corrected chi connectivity index (χ4v) is 1.91. The summed E-state index contributed by atoms with van der Waals surface area (Å²) in [5, 5.41) is 8.66. The molecular formula is C14H18O4S. The number of carboxylic acids is 1. The van der Waals surface area contributed by atoms with Crippen molar-refractivity contribution in [3.8, 4) is 11.5 Å². The molecule has 1 rings (SSSR count). The maximum absolute atomic E-state index is 10.6. The zero-order valence-electron chi connectivity index (χ0n) is 11.1. The lowest BCUT2D eigenvalue weighted by Gasteiger charge is -2.10. The second-order valence-electron chi connectivity index (χ2n) is 3.62. The van der Waals surface area contributed by atoms with E-state index in [2.05, 4.69) is 6.92 Å². The summed E-state index contributed by atoms with van der Waals surface area (Å²) in [5.74, 6) is 2.28. The minimum Gasteiger partial charge on any atom is -0.497 e. The third-order valence-corrected chi connectivity index (χ3v) is 3.18. The smallest absolute Gasteiger partial charge is 0.328 e. The Balaban J connectivity index is 2.80. The minimum absolute atomic E-state index is 0.583. The molecular weight excluding hydrogens is 264 g/mol. The third kappa shape index (κ3) is 5.70. The normalized spacial score (nSPS) is 10.6. The average molecular weight is 282 g/mol. The molecule has 0 aliphatic carbocycles. The minimum atomic E-state index is -0.983. The number of carbonyl (C=O) groups is 1. The number of methoxy groups -OCH3 is 1. The molecule has 0 spiro atoms. The first-order valence-corrected chi connectivity index (χ1v) is 7.12. The van der Waals surface area contributed by atoms with Crippen LogP contribution in [0.5, 0.6) is 11.5 Å². The van der Waals surface area contributed by atoms with Crippen molar-refractivity contribution in [2.24, 2.45) is 0 Å². The Morgan fingerprint density at radius 1 is 1.47 bits per heavy atom. The first-order chi connectivity index (χ1) is 9.17.